The molecule has 15 heavy (non-hydrogen) atoms. The van der Waals surface area contributed by atoms with Crippen LogP contribution in [0, 0.1) is 0 Å². The fourth-order valence-electron chi connectivity index (χ4n) is 1.23. The SMILES string of the molecule is CCN(CC(=O)O)c1ccc(Cl)c(Cl)c1. The first kappa shape index (κ1) is 12.1. The van der Waals surface area contributed by atoms with Crippen molar-refractivity contribution in [3.8, 4) is 0 Å². The average molecular weight is 248 g/mol. The standard InChI is InChI=1S/C10H11Cl2NO2/c1-2-13(6-10(14)15)7-3-4-8(11)9(12)5-7/h3-5H,2,6H2,1H3,(H,14,15). The van der Waals surface area contributed by atoms with Gasteiger partial charge in [0.25, 0.3) is 0 Å². The first-order chi connectivity index (χ1) is 7.04. The quantitative estimate of drug-likeness (QED) is 0.890. The summed E-state index contributed by atoms with van der Waals surface area (Å²) in [5, 5.41) is 9.59. The molecule has 0 aromatic heterocycles. The van der Waals surface area contributed by atoms with Gasteiger partial charge < -0.3 is 10.0 Å². The molecule has 0 spiro atoms. The van der Waals surface area contributed by atoms with Gasteiger partial charge in [-0.15, -0.1) is 0 Å². The average Bonchev–Trinajstić information content (AvgIpc) is 2.18. The lowest BCUT2D eigenvalue weighted by atomic mass is 10.3. The molecule has 0 aliphatic carbocycles. The summed E-state index contributed by atoms with van der Waals surface area (Å²) in [5.41, 5.74) is 0.759. The number of nitrogens with zero attached hydrogens (tertiary/aromatic N) is 1. The van der Waals surface area contributed by atoms with E-state index in [1.807, 2.05) is 6.92 Å². The second-order valence-electron chi connectivity index (χ2n) is 3.01. The Balaban J connectivity index is 2.92. The Morgan fingerprint density at radius 2 is 2.07 bits per heavy atom. The molecule has 1 N–H and O–H groups in total. The predicted molar refractivity (Wildman–Crippen MR) is 62.0 cm³/mol. The van der Waals surface area contributed by atoms with E-state index in [1.54, 1.807) is 23.1 Å². The molecule has 3 nitrogen and oxygen atoms in total. The van der Waals surface area contributed by atoms with Crippen molar-refractivity contribution in [3.05, 3.63) is 28.2 Å². The van der Waals surface area contributed by atoms with Gasteiger partial charge in [0.05, 0.1) is 10.0 Å². The maximum absolute atomic E-state index is 10.6. The molecule has 82 valence electrons. The van der Waals surface area contributed by atoms with Crippen molar-refractivity contribution >= 4 is 34.9 Å². The van der Waals surface area contributed by atoms with Crippen molar-refractivity contribution in [2.24, 2.45) is 0 Å². The maximum Gasteiger partial charge on any atom is 0.323 e. The number of hydrogen-bond donors (Lipinski definition) is 1. The number of likely N-dealkylation sites (N-methyl/N-ethyl adjacent to an activating group) is 1. The lowest BCUT2D eigenvalue weighted by molar-refractivity contribution is -0.135. The lowest BCUT2D eigenvalue weighted by Gasteiger charge is -2.21. The van der Waals surface area contributed by atoms with E-state index < -0.39 is 5.97 Å². The van der Waals surface area contributed by atoms with Crippen molar-refractivity contribution < 1.29 is 9.90 Å². The van der Waals surface area contributed by atoms with E-state index in [1.165, 1.54) is 0 Å². The van der Waals surface area contributed by atoms with Gasteiger partial charge in [0.2, 0.25) is 0 Å². The highest BCUT2D eigenvalue weighted by atomic mass is 35.5. The third-order valence-corrected chi connectivity index (χ3v) is 2.72. The van der Waals surface area contributed by atoms with E-state index in [9.17, 15) is 4.79 Å². The van der Waals surface area contributed by atoms with Crippen LogP contribution in [0.25, 0.3) is 0 Å². The summed E-state index contributed by atoms with van der Waals surface area (Å²) >= 11 is 11.6. The third-order valence-electron chi connectivity index (χ3n) is 1.98. The number of anilines is 1. The monoisotopic (exact) mass is 247 g/mol. The minimum absolute atomic E-state index is 0.0472. The van der Waals surface area contributed by atoms with Gasteiger partial charge in [0.1, 0.15) is 6.54 Å². The number of carbonyl (C=O) groups is 1. The Labute approximate surface area is 98.2 Å². The van der Waals surface area contributed by atoms with Crippen LogP contribution in [0.4, 0.5) is 5.69 Å². The number of carboxylic acids is 1. The van der Waals surface area contributed by atoms with Gasteiger partial charge in [0.15, 0.2) is 0 Å². The molecule has 5 heteroatoms. The van der Waals surface area contributed by atoms with Gasteiger partial charge in [-0.1, -0.05) is 23.2 Å². The normalized spacial score (nSPS) is 10.1. The molecule has 0 unspecified atom stereocenters. The molecule has 0 saturated carbocycles. The van der Waals surface area contributed by atoms with Crippen molar-refractivity contribution in [3.63, 3.8) is 0 Å². The fraction of sp³-hybridized carbons (Fsp3) is 0.300. The van der Waals surface area contributed by atoms with Crippen molar-refractivity contribution in [1.29, 1.82) is 0 Å². The highest BCUT2D eigenvalue weighted by Crippen LogP contribution is 2.26. The van der Waals surface area contributed by atoms with E-state index in [0.717, 1.165) is 5.69 Å². The number of benzene rings is 1. The van der Waals surface area contributed by atoms with Crippen molar-refractivity contribution in [2.45, 2.75) is 6.92 Å². The molecule has 0 aliphatic heterocycles. The first-order valence-electron chi connectivity index (χ1n) is 4.46. The Hall–Kier alpha value is -0.930. The van der Waals surface area contributed by atoms with Crippen LogP contribution in [0.3, 0.4) is 0 Å². The zero-order chi connectivity index (χ0) is 11.4. The van der Waals surface area contributed by atoms with E-state index in [4.69, 9.17) is 28.3 Å². The molecule has 0 bridgehead atoms. The van der Waals surface area contributed by atoms with Gasteiger partial charge in [-0.2, -0.15) is 0 Å². The van der Waals surface area contributed by atoms with E-state index in [-0.39, 0.29) is 6.54 Å². The molecule has 0 amide bonds. The minimum Gasteiger partial charge on any atom is -0.480 e. The molecule has 0 fully saturated rings. The van der Waals surface area contributed by atoms with Gasteiger partial charge in [0, 0.05) is 12.2 Å². The molecule has 0 atom stereocenters. The van der Waals surface area contributed by atoms with Crippen molar-refractivity contribution in [2.75, 3.05) is 18.0 Å². The summed E-state index contributed by atoms with van der Waals surface area (Å²) in [7, 11) is 0. The first-order valence-corrected chi connectivity index (χ1v) is 5.22. The molecule has 1 rings (SSSR count). The zero-order valence-corrected chi connectivity index (χ0v) is 9.72. The lowest BCUT2D eigenvalue weighted by Crippen LogP contribution is -2.29. The molecule has 0 saturated heterocycles. The van der Waals surface area contributed by atoms with Crippen LogP contribution in [0.15, 0.2) is 18.2 Å². The highest BCUT2D eigenvalue weighted by molar-refractivity contribution is 6.42. The second-order valence-corrected chi connectivity index (χ2v) is 3.82. The fourth-order valence-corrected chi connectivity index (χ4v) is 1.52. The Bertz CT molecular complexity index is 368. The summed E-state index contributed by atoms with van der Waals surface area (Å²) < 4.78 is 0. The summed E-state index contributed by atoms with van der Waals surface area (Å²) in [4.78, 5) is 12.3. The van der Waals surface area contributed by atoms with Gasteiger partial charge in [-0.05, 0) is 25.1 Å². The van der Waals surface area contributed by atoms with Crippen molar-refractivity contribution in [1.82, 2.24) is 0 Å². The molecular weight excluding hydrogens is 237 g/mol. The highest BCUT2D eigenvalue weighted by Gasteiger charge is 2.09. The predicted octanol–water partition coefficient (Wildman–Crippen LogP) is 2.90. The third kappa shape index (κ3) is 3.29. The van der Waals surface area contributed by atoms with Crippen LogP contribution in [-0.4, -0.2) is 24.2 Å². The smallest absolute Gasteiger partial charge is 0.323 e. The molecular formula is C10H11Cl2NO2. The summed E-state index contributed by atoms with van der Waals surface area (Å²) in [6.45, 7) is 2.43. The van der Waals surface area contributed by atoms with Gasteiger partial charge in [-0.25, -0.2) is 0 Å². The second kappa shape index (κ2) is 5.24. The molecule has 1 aromatic carbocycles. The Kier molecular flexibility index (Phi) is 4.24. The topological polar surface area (TPSA) is 40.5 Å². The minimum atomic E-state index is -0.872. The largest absolute Gasteiger partial charge is 0.480 e. The van der Waals surface area contributed by atoms with E-state index in [2.05, 4.69) is 0 Å². The van der Waals surface area contributed by atoms with Gasteiger partial charge in [-0.3, -0.25) is 4.79 Å². The Morgan fingerprint density at radius 1 is 1.40 bits per heavy atom. The molecule has 1 aromatic rings. The Morgan fingerprint density at radius 3 is 2.53 bits per heavy atom. The maximum atomic E-state index is 10.6. The van der Waals surface area contributed by atoms with E-state index in [0.29, 0.717) is 16.6 Å². The number of rotatable bonds is 4. The summed E-state index contributed by atoms with van der Waals surface area (Å²) in [5.74, 6) is -0.872. The van der Waals surface area contributed by atoms with Gasteiger partial charge >= 0.3 is 5.97 Å². The van der Waals surface area contributed by atoms with Crippen LogP contribution in [0.5, 0.6) is 0 Å². The number of aliphatic carboxylic acids is 1. The van der Waals surface area contributed by atoms with Crippen LogP contribution in [0.2, 0.25) is 10.0 Å². The van der Waals surface area contributed by atoms with E-state index >= 15 is 0 Å². The van der Waals surface area contributed by atoms with Crippen LogP contribution >= 0.6 is 23.2 Å². The molecule has 0 radical (unpaired) electrons. The van der Waals surface area contributed by atoms with Crippen LogP contribution in [0.1, 0.15) is 6.92 Å². The summed E-state index contributed by atoms with van der Waals surface area (Å²) in [6.07, 6.45) is 0. The number of halogens is 2. The number of carboxylic acid groups (broad SMARTS) is 1. The molecule has 0 heterocycles. The number of hydrogen-bond acceptors (Lipinski definition) is 2. The van der Waals surface area contributed by atoms with Crippen LogP contribution < -0.4 is 4.90 Å². The molecule has 0 aliphatic rings. The zero-order valence-electron chi connectivity index (χ0n) is 8.20. The van der Waals surface area contributed by atoms with Crippen LogP contribution in [-0.2, 0) is 4.79 Å². The summed E-state index contributed by atoms with van der Waals surface area (Å²) in [6, 6.07) is 5.07.